The first kappa shape index (κ1) is 23.6. The minimum Gasteiger partial charge on any atom is -0.505 e. The van der Waals surface area contributed by atoms with Crippen LogP contribution in [0.5, 0.6) is 5.75 Å². The molecule has 4 N–H and O–H groups in total. The van der Waals surface area contributed by atoms with Gasteiger partial charge in [-0.25, -0.2) is 4.99 Å². The molecular weight excluding hydrogens is 508 g/mol. The maximum Gasteiger partial charge on any atom is 0.294 e. The number of carbonyl (C=O) groups excluding carboxylic acids is 1. The fourth-order valence-electron chi connectivity index (χ4n) is 3.83. The van der Waals surface area contributed by atoms with Crippen LogP contribution in [0.1, 0.15) is 16.1 Å². The van der Waals surface area contributed by atoms with E-state index in [1.165, 1.54) is 36.4 Å². The highest BCUT2D eigenvalue weighted by Crippen LogP contribution is 2.31. The minimum absolute atomic E-state index is 0.0766. The summed E-state index contributed by atoms with van der Waals surface area (Å²) in [5, 5.41) is 12.1. The molecule has 0 bridgehead atoms. The Morgan fingerprint density at radius 2 is 1.36 bits per heavy atom. The monoisotopic (exact) mass is 524 g/mol. The molecule has 0 saturated carbocycles. The summed E-state index contributed by atoms with van der Waals surface area (Å²) in [6.45, 7) is 0. The van der Waals surface area contributed by atoms with E-state index in [9.17, 15) is 35.8 Å². The second-order valence-corrected chi connectivity index (χ2v) is 10.8. The number of benzene rings is 3. The van der Waals surface area contributed by atoms with E-state index >= 15 is 0 Å². The molecule has 0 unspecified atom stereocenters. The molecule has 1 aromatic heterocycles. The van der Waals surface area contributed by atoms with E-state index in [4.69, 9.17) is 0 Å². The van der Waals surface area contributed by atoms with Gasteiger partial charge in [0.2, 0.25) is 5.78 Å². The number of hydrogen-bond acceptors (Lipinski definition) is 7. The van der Waals surface area contributed by atoms with Gasteiger partial charge in [0.15, 0.2) is 0 Å². The molecule has 0 saturated heterocycles. The smallest absolute Gasteiger partial charge is 0.294 e. The molecule has 0 amide bonds. The van der Waals surface area contributed by atoms with Crippen LogP contribution in [-0.2, 0) is 20.2 Å². The molecule has 3 aromatic carbocycles. The lowest BCUT2D eigenvalue weighted by Crippen LogP contribution is -2.13. The second-order valence-electron chi connectivity index (χ2n) is 8.01. The zero-order valence-electron chi connectivity index (χ0n) is 18.1. The number of aromatic nitrogens is 1. The van der Waals surface area contributed by atoms with Gasteiger partial charge in [-0.3, -0.25) is 13.9 Å². The van der Waals surface area contributed by atoms with Crippen LogP contribution in [0.2, 0.25) is 0 Å². The third-order valence-corrected chi connectivity index (χ3v) is 7.30. The van der Waals surface area contributed by atoms with Crippen molar-refractivity contribution in [1.82, 2.24) is 4.98 Å². The first-order chi connectivity index (χ1) is 16.9. The number of rotatable bonds is 4. The predicted octanol–water partition coefficient (Wildman–Crippen LogP) is 1.95. The third-order valence-electron chi connectivity index (χ3n) is 5.60. The van der Waals surface area contributed by atoms with Crippen molar-refractivity contribution in [3.05, 3.63) is 82.4 Å². The Labute approximate surface area is 204 Å². The summed E-state index contributed by atoms with van der Waals surface area (Å²) in [6.07, 6.45) is 3.17. The van der Waals surface area contributed by atoms with Crippen LogP contribution in [0.3, 0.4) is 0 Å². The number of hydrogen-bond donors (Lipinski definition) is 4. The molecule has 0 fully saturated rings. The summed E-state index contributed by atoms with van der Waals surface area (Å²) in [7, 11) is -8.87. The maximum atomic E-state index is 12.7. The number of nitrogens with zero attached hydrogens (tertiary/aromatic N) is 1. The summed E-state index contributed by atoms with van der Waals surface area (Å²) in [5.74, 6) is -0.655. The summed E-state index contributed by atoms with van der Waals surface area (Å²) >= 11 is 0. The van der Waals surface area contributed by atoms with E-state index in [1.54, 1.807) is 30.3 Å². The largest absolute Gasteiger partial charge is 0.505 e. The number of Topliss-reactive ketones (excluding diaryl/α,β-unsaturated/α-hetero) is 1. The Hall–Kier alpha value is -4.10. The fraction of sp³-hybridized carbons (Fsp3) is 0. The van der Waals surface area contributed by atoms with Crippen LogP contribution in [0.4, 0.5) is 5.69 Å². The van der Waals surface area contributed by atoms with Gasteiger partial charge in [-0.1, -0.05) is 24.3 Å². The Bertz CT molecular complexity index is 1950. The van der Waals surface area contributed by atoms with Crippen molar-refractivity contribution >= 4 is 60.5 Å². The number of aliphatic imine (C=N–C) groups is 1. The second kappa shape index (κ2) is 8.24. The molecular formula is C24H16N2O8S2. The number of aromatic amines is 1. The number of nitrogens with one attached hydrogen (secondary N) is 1. The lowest BCUT2D eigenvalue weighted by atomic mass is 10.1. The van der Waals surface area contributed by atoms with Crippen molar-refractivity contribution in [3.63, 3.8) is 0 Å². The van der Waals surface area contributed by atoms with E-state index in [-0.39, 0.29) is 32.2 Å². The maximum absolute atomic E-state index is 12.7. The van der Waals surface area contributed by atoms with E-state index in [0.29, 0.717) is 27.3 Å². The third kappa shape index (κ3) is 4.33. The molecule has 2 heterocycles. The van der Waals surface area contributed by atoms with Crippen LogP contribution >= 0.6 is 0 Å². The van der Waals surface area contributed by atoms with E-state index < -0.39 is 26.0 Å². The van der Waals surface area contributed by atoms with E-state index in [0.717, 1.165) is 6.07 Å². The molecule has 0 aliphatic carbocycles. The number of ketones is 1. The summed E-state index contributed by atoms with van der Waals surface area (Å²) in [5.41, 5.74) is 1.29. The molecule has 1 aliphatic heterocycles. The SMILES string of the molecule is O=C1C(C=c2ccc(=Cc3[nH]c4ccc(S(=O)(=O)O)cc4c3O)cc2)=Nc2ccc(S(=O)(=O)O)cc21. The van der Waals surface area contributed by atoms with Crippen molar-refractivity contribution in [1.29, 1.82) is 0 Å². The Kier molecular flexibility index (Phi) is 5.41. The fourth-order valence-corrected chi connectivity index (χ4v) is 4.84. The molecule has 36 heavy (non-hydrogen) atoms. The van der Waals surface area contributed by atoms with Crippen LogP contribution in [0.15, 0.2) is 75.4 Å². The Morgan fingerprint density at radius 3 is 2.00 bits per heavy atom. The van der Waals surface area contributed by atoms with E-state index in [2.05, 4.69) is 9.98 Å². The van der Waals surface area contributed by atoms with Gasteiger partial charge in [0.05, 0.1) is 26.7 Å². The summed E-state index contributed by atoms with van der Waals surface area (Å²) in [6, 6.07) is 14.3. The average molecular weight is 525 g/mol. The number of carbonyl (C=O) groups is 1. The van der Waals surface area contributed by atoms with Crippen molar-refractivity contribution in [2.24, 2.45) is 4.99 Å². The zero-order chi connectivity index (χ0) is 25.8. The summed E-state index contributed by atoms with van der Waals surface area (Å²) in [4.78, 5) is 19.2. The highest BCUT2D eigenvalue weighted by molar-refractivity contribution is 7.86. The average Bonchev–Trinajstić information content (AvgIpc) is 3.29. The zero-order valence-corrected chi connectivity index (χ0v) is 19.7. The lowest BCUT2D eigenvalue weighted by Gasteiger charge is -1.99. The Balaban J connectivity index is 1.46. The van der Waals surface area contributed by atoms with Crippen molar-refractivity contribution < 1.29 is 35.8 Å². The van der Waals surface area contributed by atoms with Gasteiger partial charge < -0.3 is 10.1 Å². The molecule has 0 spiro atoms. The number of H-pyrrole nitrogens is 1. The van der Waals surface area contributed by atoms with E-state index in [1.807, 2.05) is 0 Å². The molecule has 5 rings (SSSR count). The molecule has 1 aliphatic rings. The van der Waals surface area contributed by atoms with Crippen LogP contribution in [0.25, 0.3) is 23.1 Å². The van der Waals surface area contributed by atoms with Crippen LogP contribution < -0.4 is 10.4 Å². The highest BCUT2D eigenvalue weighted by Gasteiger charge is 2.25. The standard InChI is InChI=1S/C24H16N2O8S2/c27-23-17-11-15(35(29,30)31)5-7-19(17)25-21(23)9-13-1-2-14(4-3-13)10-22-24(28)18-12-16(36(32,33)34)6-8-20(18)26-22/h1-12,25,27H,(H,29,30,31)(H,32,33,34). The molecule has 0 radical (unpaired) electrons. The first-order valence-electron chi connectivity index (χ1n) is 10.3. The number of aromatic hydroxyl groups is 1. The topological polar surface area (TPSA) is 174 Å². The lowest BCUT2D eigenvalue weighted by molar-refractivity contribution is 0.107. The van der Waals surface area contributed by atoms with Gasteiger partial charge in [0.1, 0.15) is 11.5 Å². The predicted molar refractivity (Wildman–Crippen MR) is 131 cm³/mol. The van der Waals surface area contributed by atoms with Crippen LogP contribution in [-0.4, -0.2) is 47.5 Å². The van der Waals surface area contributed by atoms with Crippen LogP contribution in [0, 0.1) is 0 Å². The van der Waals surface area contributed by atoms with Gasteiger partial charge in [-0.15, -0.1) is 0 Å². The summed E-state index contributed by atoms with van der Waals surface area (Å²) < 4.78 is 63.9. The minimum atomic E-state index is -4.45. The van der Waals surface area contributed by atoms with Crippen molar-refractivity contribution in [2.75, 3.05) is 0 Å². The van der Waals surface area contributed by atoms with Gasteiger partial charge in [-0.2, -0.15) is 16.8 Å². The Morgan fingerprint density at radius 1 is 0.778 bits per heavy atom. The van der Waals surface area contributed by atoms with Crippen molar-refractivity contribution in [2.45, 2.75) is 9.79 Å². The molecule has 10 nitrogen and oxygen atoms in total. The molecule has 182 valence electrons. The molecule has 12 heteroatoms. The van der Waals surface area contributed by atoms with Crippen molar-refractivity contribution in [3.8, 4) is 5.75 Å². The quantitative estimate of drug-likeness (QED) is 0.293. The van der Waals surface area contributed by atoms with Gasteiger partial charge in [0.25, 0.3) is 20.2 Å². The molecule has 0 atom stereocenters. The van der Waals surface area contributed by atoms with Gasteiger partial charge in [-0.05, 0) is 59.0 Å². The molecule has 4 aromatic rings. The van der Waals surface area contributed by atoms with Gasteiger partial charge >= 0.3 is 0 Å². The normalized spacial score (nSPS) is 13.5. The highest BCUT2D eigenvalue weighted by atomic mass is 32.2. The van der Waals surface area contributed by atoms with Gasteiger partial charge in [0, 0.05) is 10.9 Å². The first-order valence-corrected chi connectivity index (χ1v) is 13.1. The number of fused-ring (bicyclic) bond motifs is 2.